The van der Waals surface area contributed by atoms with Gasteiger partial charge in [-0.2, -0.15) is 0 Å². The fourth-order valence-electron chi connectivity index (χ4n) is 2.74. The molecule has 0 aliphatic carbocycles. The summed E-state index contributed by atoms with van der Waals surface area (Å²) < 4.78 is 11.2. The lowest BCUT2D eigenvalue weighted by Crippen LogP contribution is -2.42. The monoisotopic (exact) mass is 510 g/mol. The zero-order chi connectivity index (χ0) is 18.6. The number of guanidine groups is 1. The molecule has 1 heterocycles. The summed E-state index contributed by atoms with van der Waals surface area (Å²) in [5, 5.41) is 7.37. The van der Waals surface area contributed by atoms with Crippen LogP contribution in [0, 0.1) is 0 Å². The number of ether oxygens (including phenoxy) is 2. The number of nitrogens with one attached hydrogen (secondary N) is 2. The SMILES string of the molecule is CN=C(NCCCCN1CCOCC1)NCC(C)Oc1ccc(Cl)cc1.I. The number of morpholine rings is 1. The molecule has 154 valence electrons. The number of aliphatic imine (C=N–C) groups is 1. The van der Waals surface area contributed by atoms with Gasteiger partial charge in [0.1, 0.15) is 11.9 Å². The van der Waals surface area contributed by atoms with Gasteiger partial charge in [0.05, 0.1) is 19.8 Å². The molecule has 0 spiro atoms. The summed E-state index contributed by atoms with van der Waals surface area (Å²) in [5.41, 5.74) is 0. The van der Waals surface area contributed by atoms with Crippen LogP contribution >= 0.6 is 35.6 Å². The van der Waals surface area contributed by atoms with Gasteiger partial charge >= 0.3 is 0 Å². The predicted molar refractivity (Wildman–Crippen MR) is 123 cm³/mol. The van der Waals surface area contributed by atoms with Crippen LogP contribution in [-0.2, 0) is 4.74 Å². The normalized spacial score (nSPS) is 16.3. The van der Waals surface area contributed by atoms with Crippen molar-refractivity contribution in [3.8, 4) is 5.75 Å². The largest absolute Gasteiger partial charge is 0.489 e. The van der Waals surface area contributed by atoms with E-state index in [9.17, 15) is 0 Å². The van der Waals surface area contributed by atoms with Crippen molar-refractivity contribution < 1.29 is 9.47 Å². The second-order valence-electron chi connectivity index (χ2n) is 6.42. The molecule has 2 rings (SSSR count). The van der Waals surface area contributed by atoms with Gasteiger partial charge in [0, 0.05) is 31.7 Å². The molecule has 1 aromatic carbocycles. The molecule has 8 heteroatoms. The third-order valence-electron chi connectivity index (χ3n) is 4.23. The highest BCUT2D eigenvalue weighted by Crippen LogP contribution is 2.16. The molecule has 27 heavy (non-hydrogen) atoms. The Hall–Kier alpha value is -0.770. The summed E-state index contributed by atoms with van der Waals surface area (Å²) in [5.74, 6) is 1.62. The number of benzene rings is 1. The van der Waals surface area contributed by atoms with Crippen molar-refractivity contribution in [1.82, 2.24) is 15.5 Å². The Bertz CT molecular complexity index is 539. The van der Waals surface area contributed by atoms with Crippen LogP contribution in [0.4, 0.5) is 0 Å². The van der Waals surface area contributed by atoms with Crippen LogP contribution in [0.15, 0.2) is 29.3 Å². The van der Waals surface area contributed by atoms with Gasteiger partial charge in [-0.15, -0.1) is 24.0 Å². The molecule has 1 aliphatic heterocycles. The van der Waals surface area contributed by atoms with E-state index in [1.54, 1.807) is 7.05 Å². The number of rotatable bonds is 9. The fourth-order valence-corrected chi connectivity index (χ4v) is 2.87. The summed E-state index contributed by atoms with van der Waals surface area (Å²) in [7, 11) is 1.79. The summed E-state index contributed by atoms with van der Waals surface area (Å²) >= 11 is 5.88. The smallest absolute Gasteiger partial charge is 0.191 e. The van der Waals surface area contributed by atoms with Crippen molar-refractivity contribution >= 4 is 41.5 Å². The number of halogens is 2. The van der Waals surface area contributed by atoms with Crippen molar-refractivity contribution in [2.24, 2.45) is 4.99 Å². The molecular weight excluding hydrogens is 479 g/mol. The number of hydrogen-bond donors (Lipinski definition) is 2. The maximum atomic E-state index is 5.88. The second-order valence-corrected chi connectivity index (χ2v) is 6.86. The summed E-state index contributed by atoms with van der Waals surface area (Å²) in [6, 6.07) is 7.41. The Morgan fingerprint density at radius 3 is 2.59 bits per heavy atom. The average molecular weight is 511 g/mol. The van der Waals surface area contributed by atoms with E-state index in [2.05, 4.69) is 20.5 Å². The van der Waals surface area contributed by atoms with E-state index in [0.717, 1.165) is 57.5 Å². The van der Waals surface area contributed by atoms with Crippen molar-refractivity contribution in [1.29, 1.82) is 0 Å². The standard InChI is InChI=1S/C19H31ClN4O2.HI/c1-16(26-18-7-5-17(20)6-8-18)15-23-19(21-2)22-9-3-4-10-24-11-13-25-14-12-24;/h5-8,16H,3-4,9-15H2,1-2H3,(H2,21,22,23);1H. The molecule has 0 amide bonds. The third kappa shape index (κ3) is 10.4. The first-order chi connectivity index (χ1) is 12.7. The number of unbranched alkanes of at least 4 members (excludes halogenated alkanes) is 1. The van der Waals surface area contributed by atoms with E-state index >= 15 is 0 Å². The molecule has 6 nitrogen and oxygen atoms in total. The zero-order valence-electron chi connectivity index (χ0n) is 16.2. The Balaban J connectivity index is 0.00000364. The highest BCUT2D eigenvalue weighted by Gasteiger charge is 2.09. The van der Waals surface area contributed by atoms with Crippen LogP contribution in [0.25, 0.3) is 0 Å². The predicted octanol–water partition coefficient (Wildman–Crippen LogP) is 3.00. The summed E-state index contributed by atoms with van der Waals surface area (Å²) in [6.45, 7) is 8.60. The Labute approximate surface area is 185 Å². The lowest BCUT2D eigenvalue weighted by atomic mass is 10.2. The minimum Gasteiger partial charge on any atom is -0.489 e. The highest BCUT2D eigenvalue weighted by atomic mass is 127. The van der Waals surface area contributed by atoms with Crippen LogP contribution < -0.4 is 15.4 Å². The Morgan fingerprint density at radius 1 is 1.22 bits per heavy atom. The molecule has 0 bridgehead atoms. The van der Waals surface area contributed by atoms with E-state index < -0.39 is 0 Å². The third-order valence-corrected chi connectivity index (χ3v) is 4.48. The van der Waals surface area contributed by atoms with Crippen LogP contribution in [-0.4, -0.2) is 69.9 Å². The Morgan fingerprint density at radius 2 is 1.93 bits per heavy atom. The van der Waals surface area contributed by atoms with Crippen LogP contribution in [0.5, 0.6) is 5.75 Å². The fraction of sp³-hybridized carbons (Fsp3) is 0.632. The molecule has 2 N–H and O–H groups in total. The molecule has 1 unspecified atom stereocenters. The van der Waals surface area contributed by atoms with Gasteiger partial charge in [-0.1, -0.05) is 11.6 Å². The molecule has 1 aromatic rings. The van der Waals surface area contributed by atoms with Gasteiger partial charge in [-0.3, -0.25) is 9.89 Å². The van der Waals surface area contributed by atoms with Crippen molar-refractivity contribution in [3.05, 3.63) is 29.3 Å². The maximum absolute atomic E-state index is 5.88. The molecule has 0 saturated carbocycles. The topological polar surface area (TPSA) is 58.1 Å². The van der Waals surface area contributed by atoms with Gasteiger partial charge in [-0.05, 0) is 50.6 Å². The maximum Gasteiger partial charge on any atom is 0.191 e. The van der Waals surface area contributed by atoms with E-state index in [0.29, 0.717) is 11.6 Å². The highest BCUT2D eigenvalue weighted by molar-refractivity contribution is 14.0. The van der Waals surface area contributed by atoms with Crippen molar-refractivity contribution in [3.63, 3.8) is 0 Å². The molecule has 1 fully saturated rings. The lowest BCUT2D eigenvalue weighted by molar-refractivity contribution is 0.0372. The van der Waals surface area contributed by atoms with Gasteiger partial charge in [0.2, 0.25) is 0 Å². The van der Waals surface area contributed by atoms with Gasteiger partial charge in [0.15, 0.2) is 5.96 Å². The summed E-state index contributed by atoms with van der Waals surface area (Å²) in [6.07, 6.45) is 2.32. The first-order valence-corrected chi connectivity index (χ1v) is 9.72. The van der Waals surface area contributed by atoms with Crippen molar-refractivity contribution in [2.75, 3.05) is 53.0 Å². The van der Waals surface area contributed by atoms with E-state index in [-0.39, 0.29) is 30.1 Å². The molecule has 1 saturated heterocycles. The minimum atomic E-state index is 0. The molecule has 1 aliphatic rings. The van der Waals surface area contributed by atoms with Crippen LogP contribution in [0.3, 0.4) is 0 Å². The molecule has 1 atom stereocenters. The number of hydrogen-bond acceptors (Lipinski definition) is 4. The van der Waals surface area contributed by atoms with E-state index in [4.69, 9.17) is 21.1 Å². The minimum absolute atomic E-state index is 0. The van der Waals surface area contributed by atoms with Crippen LogP contribution in [0.1, 0.15) is 19.8 Å². The summed E-state index contributed by atoms with van der Waals surface area (Å²) in [4.78, 5) is 6.73. The molecular formula is C19H32ClIN4O2. The second kappa shape index (κ2) is 14.3. The van der Waals surface area contributed by atoms with E-state index in [1.165, 1.54) is 6.42 Å². The molecule has 0 aromatic heterocycles. The average Bonchev–Trinajstić information content (AvgIpc) is 2.66. The first kappa shape index (κ1) is 24.3. The zero-order valence-corrected chi connectivity index (χ0v) is 19.3. The van der Waals surface area contributed by atoms with Gasteiger partial charge < -0.3 is 20.1 Å². The Kier molecular flexibility index (Phi) is 12.8. The number of nitrogens with zero attached hydrogens (tertiary/aromatic N) is 2. The van der Waals surface area contributed by atoms with Gasteiger partial charge in [0.25, 0.3) is 0 Å². The first-order valence-electron chi connectivity index (χ1n) is 9.34. The quantitative estimate of drug-likeness (QED) is 0.232. The van der Waals surface area contributed by atoms with Crippen LogP contribution in [0.2, 0.25) is 5.02 Å². The lowest BCUT2D eigenvalue weighted by Gasteiger charge is -2.26. The van der Waals surface area contributed by atoms with E-state index in [1.807, 2.05) is 31.2 Å². The van der Waals surface area contributed by atoms with Crippen molar-refractivity contribution in [2.45, 2.75) is 25.9 Å². The van der Waals surface area contributed by atoms with Gasteiger partial charge in [-0.25, -0.2) is 0 Å². The molecule has 0 radical (unpaired) electrons.